The maximum Gasteiger partial charge on any atom is 0.335 e. The second-order valence-corrected chi connectivity index (χ2v) is 4.47. The average molecular weight is 275 g/mol. The molecule has 8 nitrogen and oxygen atoms in total. The minimum absolute atomic E-state index is 0.0258. The number of hydrogen-bond donors (Lipinski definition) is 3. The van der Waals surface area contributed by atoms with Crippen LogP contribution in [0.25, 0.3) is 11.0 Å². The zero-order chi connectivity index (χ0) is 14.4. The molecule has 1 aromatic heterocycles. The summed E-state index contributed by atoms with van der Waals surface area (Å²) in [6, 6.07) is 3.18. The van der Waals surface area contributed by atoms with Crippen LogP contribution < -0.4 is 11.0 Å². The third-order valence-corrected chi connectivity index (χ3v) is 3.22. The van der Waals surface area contributed by atoms with E-state index in [1.54, 1.807) is 0 Å². The number of H-pyrrole nitrogens is 1. The SMILES string of the molecule is O=C1CC(n2c(=O)[nH]c3cc(C(=O)O)ccc32)C(=O)N1. The minimum Gasteiger partial charge on any atom is -0.478 e. The van der Waals surface area contributed by atoms with Gasteiger partial charge in [0.05, 0.1) is 23.0 Å². The van der Waals surface area contributed by atoms with Crippen molar-refractivity contribution >= 4 is 28.8 Å². The van der Waals surface area contributed by atoms with Crippen LogP contribution in [0.4, 0.5) is 0 Å². The maximum atomic E-state index is 11.9. The van der Waals surface area contributed by atoms with E-state index in [9.17, 15) is 19.2 Å². The summed E-state index contributed by atoms with van der Waals surface area (Å²) in [6.07, 6.45) is -0.105. The number of carbonyl (C=O) groups excluding carboxylic acids is 2. The van der Waals surface area contributed by atoms with Gasteiger partial charge in [-0.05, 0) is 18.2 Å². The fourth-order valence-electron chi connectivity index (χ4n) is 2.32. The number of imide groups is 1. The summed E-state index contributed by atoms with van der Waals surface area (Å²) < 4.78 is 1.17. The lowest BCUT2D eigenvalue weighted by Crippen LogP contribution is -2.28. The number of hydrogen-bond acceptors (Lipinski definition) is 4. The molecule has 20 heavy (non-hydrogen) atoms. The van der Waals surface area contributed by atoms with E-state index in [1.165, 1.54) is 22.8 Å². The number of rotatable bonds is 2. The lowest BCUT2D eigenvalue weighted by Gasteiger charge is -2.07. The molecule has 1 aliphatic rings. The van der Waals surface area contributed by atoms with Gasteiger partial charge in [0.1, 0.15) is 6.04 Å². The van der Waals surface area contributed by atoms with Gasteiger partial charge in [0.2, 0.25) is 11.8 Å². The molecule has 0 aliphatic carbocycles. The molecule has 1 unspecified atom stereocenters. The number of carboxylic acid groups (broad SMARTS) is 1. The number of imidazole rings is 1. The molecule has 2 aromatic rings. The Balaban J connectivity index is 2.19. The van der Waals surface area contributed by atoms with Crippen LogP contribution in [0.2, 0.25) is 0 Å². The van der Waals surface area contributed by atoms with Crippen LogP contribution >= 0.6 is 0 Å². The molecule has 0 radical (unpaired) electrons. The summed E-state index contributed by atoms with van der Waals surface area (Å²) in [5.74, 6) is -2.10. The van der Waals surface area contributed by atoms with Crippen LogP contribution in [0, 0.1) is 0 Å². The van der Waals surface area contributed by atoms with Crippen LogP contribution in [0.3, 0.4) is 0 Å². The van der Waals surface area contributed by atoms with Crippen molar-refractivity contribution in [2.24, 2.45) is 0 Å². The van der Waals surface area contributed by atoms with Crippen molar-refractivity contribution in [3.05, 3.63) is 34.2 Å². The van der Waals surface area contributed by atoms with Crippen LogP contribution in [0.1, 0.15) is 22.8 Å². The van der Waals surface area contributed by atoms with Gasteiger partial charge in [0.15, 0.2) is 0 Å². The zero-order valence-corrected chi connectivity index (χ0v) is 10.0. The molecular weight excluding hydrogens is 266 g/mol. The highest BCUT2D eigenvalue weighted by atomic mass is 16.4. The van der Waals surface area contributed by atoms with Gasteiger partial charge >= 0.3 is 11.7 Å². The molecule has 1 aliphatic heterocycles. The summed E-state index contributed by atoms with van der Waals surface area (Å²) in [5.41, 5.74) is 0.159. The topological polar surface area (TPSA) is 121 Å². The largest absolute Gasteiger partial charge is 0.478 e. The van der Waals surface area contributed by atoms with Crippen LogP contribution in [-0.4, -0.2) is 32.4 Å². The van der Waals surface area contributed by atoms with Crippen molar-refractivity contribution in [1.29, 1.82) is 0 Å². The normalized spacial score (nSPS) is 18.5. The Hall–Kier alpha value is -2.90. The minimum atomic E-state index is -1.12. The van der Waals surface area contributed by atoms with E-state index in [0.29, 0.717) is 11.0 Å². The molecule has 1 fully saturated rings. The molecule has 0 spiro atoms. The second kappa shape index (κ2) is 4.05. The van der Waals surface area contributed by atoms with E-state index in [0.717, 1.165) is 0 Å². The Kier molecular flexibility index (Phi) is 2.46. The van der Waals surface area contributed by atoms with E-state index < -0.39 is 29.5 Å². The third kappa shape index (κ3) is 1.69. The number of fused-ring (bicyclic) bond motifs is 1. The van der Waals surface area contributed by atoms with E-state index >= 15 is 0 Å². The number of nitrogens with one attached hydrogen (secondary N) is 2. The predicted molar refractivity (Wildman–Crippen MR) is 66.3 cm³/mol. The fraction of sp³-hybridized carbons (Fsp3) is 0.167. The third-order valence-electron chi connectivity index (χ3n) is 3.22. The Bertz CT molecular complexity index is 816. The van der Waals surface area contributed by atoms with Crippen molar-refractivity contribution in [3.63, 3.8) is 0 Å². The molecule has 3 N–H and O–H groups in total. The first-order chi connectivity index (χ1) is 9.47. The van der Waals surface area contributed by atoms with Crippen molar-refractivity contribution in [3.8, 4) is 0 Å². The Labute approximate surface area is 111 Å². The summed E-state index contributed by atoms with van der Waals surface area (Å²) in [7, 11) is 0. The number of nitrogens with zero attached hydrogens (tertiary/aromatic N) is 1. The van der Waals surface area contributed by atoms with Crippen molar-refractivity contribution < 1.29 is 19.5 Å². The van der Waals surface area contributed by atoms with Gasteiger partial charge in [-0.3, -0.25) is 19.5 Å². The molecule has 1 saturated heterocycles. The first-order valence-corrected chi connectivity index (χ1v) is 5.78. The van der Waals surface area contributed by atoms with E-state index in [-0.39, 0.29) is 12.0 Å². The lowest BCUT2D eigenvalue weighted by atomic mass is 10.2. The predicted octanol–water partition coefficient (Wildman–Crippen LogP) is -0.385. The van der Waals surface area contributed by atoms with Crippen molar-refractivity contribution in [2.75, 3.05) is 0 Å². The van der Waals surface area contributed by atoms with E-state index in [4.69, 9.17) is 5.11 Å². The quantitative estimate of drug-likeness (QED) is 0.645. The number of amides is 2. The Morgan fingerprint density at radius 3 is 2.65 bits per heavy atom. The number of aromatic amines is 1. The Morgan fingerprint density at radius 2 is 2.05 bits per heavy atom. The highest BCUT2D eigenvalue weighted by Gasteiger charge is 2.34. The van der Waals surface area contributed by atoms with Gasteiger partial charge in [-0.1, -0.05) is 0 Å². The molecule has 1 atom stereocenters. The Morgan fingerprint density at radius 1 is 1.30 bits per heavy atom. The van der Waals surface area contributed by atoms with Crippen LogP contribution in [0.15, 0.2) is 23.0 Å². The smallest absolute Gasteiger partial charge is 0.335 e. The first-order valence-electron chi connectivity index (χ1n) is 5.78. The number of aromatic nitrogens is 2. The molecule has 1 aromatic carbocycles. The summed E-state index contributed by atoms with van der Waals surface area (Å²) >= 11 is 0. The van der Waals surface area contributed by atoms with Gasteiger partial charge in [0.25, 0.3) is 0 Å². The highest BCUT2D eigenvalue weighted by Crippen LogP contribution is 2.22. The summed E-state index contributed by atoms with van der Waals surface area (Å²) in [4.78, 5) is 48.2. The van der Waals surface area contributed by atoms with Gasteiger partial charge in [-0.25, -0.2) is 9.59 Å². The second-order valence-electron chi connectivity index (χ2n) is 4.47. The summed E-state index contributed by atoms with van der Waals surface area (Å²) in [5, 5.41) is 11.0. The maximum absolute atomic E-state index is 11.9. The number of benzene rings is 1. The van der Waals surface area contributed by atoms with E-state index in [1.807, 2.05) is 0 Å². The number of carboxylic acids is 1. The van der Waals surface area contributed by atoms with Crippen LogP contribution in [-0.2, 0) is 9.59 Å². The molecule has 8 heteroatoms. The average Bonchev–Trinajstić information content (AvgIpc) is 2.86. The van der Waals surface area contributed by atoms with E-state index in [2.05, 4.69) is 10.3 Å². The first kappa shape index (κ1) is 12.2. The monoisotopic (exact) mass is 275 g/mol. The lowest BCUT2D eigenvalue weighted by molar-refractivity contribution is -0.125. The molecule has 2 heterocycles. The van der Waals surface area contributed by atoms with Gasteiger partial charge in [-0.2, -0.15) is 0 Å². The molecule has 3 rings (SSSR count). The molecule has 0 bridgehead atoms. The highest BCUT2D eigenvalue weighted by molar-refractivity contribution is 6.05. The number of carbonyl (C=O) groups is 3. The van der Waals surface area contributed by atoms with Crippen LogP contribution in [0.5, 0.6) is 0 Å². The van der Waals surface area contributed by atoms with Gasteiger partial charge in [-0.15, -0.1) is 0 Å². The fourth-order valence-corrected chi connectivity index (χ4v) is 2.32. The van der Waals surface area contributed by atoms with Crippen molar-refractivity contribution in [2.45, 2.75) is 12.5 Å². The zero-order valence-electron chi connectivity index (χ0n) is 10.0. The summed E-state index contributed by atoms with van der Waals surface area (Å²) in [6.45, 7) is 0. The molecule has 2 amide bonds. The molecule has 102 valence electrons. The van der Waals surface area contributed by atoms with Gasteiger partial charge < -0.3 is 10.1 Å². The standard InChI is InChI=1S/C12H9N3O5/c16-9-4-8(10(17)14-9)15-7-2-1-5(11(18)19)3-6(7)13-12(15)20/h1-3,8H,4H2,(H,13,20)(H,18,19)(H,14,16,17). The van der Waals surface area contributed by atoms with Crippen molar-refractivity contribution in [1.82, 2.24) is 14.9 Å². The van der Waals surface area contributed by atoms with Gasteiger partial charge in [0, 0.05) is 0 Å². The number of aromatic carboxylic acids is 1. The molecule has 0 saturated carbocycles. The molecular formula is C12H9N3O5.